The molecule has 1 unspecified atom stereocenters. The van der Waals surface area contributed by atoms with Crippen LogP contribution in [-0.4, -0.2) is 54.6 Å². The second-order valence-corrected chi connectivity index (χ2v) is 7.21. The van der Waals surface area contributed by atoms with E-state index in [1.165, 1.54) is 0 Å². The van der Waals surface area contributed by atoms with E-state index in [4.69, 9.17) is 4.74 Å². The molecule has 0 bridgehead atoms. The average Bonchev–Trinajstić information content (AvgIpc) is 2.65. The Kier molecular flexibility index (Phi) is 5.30. The maximum atomic E-state index is 12.9. The fraction of sp³-hybridized carbons (Fsp3) is 0.600. The Labute approximate surface area is 149 Å². The second-order valence-electron chi connectivity index (χ2n) is 7.21. The highest BCUT2D eigenvalue weighted by molar-refractivity contribution is 5.84. The number of benzene rings is 1. The summed E-state index contributed by atoms with van der Waals surface area (Å²) in [6.07, 6.45) is 2.53. The fourth-order valence-corrected chi connectivity index (χ4v) is 4.24. The molecule has 0 aliphatic carbocycles. The van der Waals surface area contributed by atoms with Crippen molar-refractivity contribution in [3.8, 4) is 0 Å². The summed E-state index contributed by atoms with van der Waals surface area (Å²) < 4.78 is 5.13. The van der Waals surface area contributed by atoms with E-state index in [0.29, 0.717) is 19.7 Å². The molecule has 0 N–H and O–H groups in total. The first-order valence-corrected chi connectivity index (χ1v) is 9.34. The molecule has 2 aliphatic heterocycles. The number of likely N-dealkylation sites (N-methyl/N-ethyl adjacent to an activating group) is 1. The van der Waals surface area contributed by atoms with Gasteiger partial charge >= 0.3 is 6.09 Å². The summed E-state index contributed by atoms with van der Waals surface area (Å²) in [4.78, 5) is 28.7. The van der Waals surface area contributed by atoms with Gasteiger partial charge in [0.15, 0.2) is 0 Å². The van der Waals surface area contributed by atoms with Gasteiger partial charge in [0.1, 0.15) is 0 Å². The zero-order valence-corrected chi connectivity index (χ0v) is 15.2. The van der Waals surface area contributed by atoms with Crippen molar-refractivity contribution in [1.82, 2.24) is 9.80 Å². The third kappa shape index (κ3) is 3.65. The molecular formula is C20H28N2O3. The lowest BCUT2D eigenvalue weighted by Gasteiger charge is -2.49. The molecule has 0 saturated carbocycles. The minimum Gasteiger partial charge on any atom is -0.450 e. The van der Waals surface area contributed by atoms with Crippen molar-refractivity contribution >= 4 is 12.0 Å². The van der Waals surface area contributed by atoms with Gasteiger partial charge in [-0.2, -0.15) is 0 Å². The van der Waals surface area contributed by atoms with Gasteiger partial charge in [0.2, 0.25) is 5.91 Å². The Bertz CT molecular complexity index is 609. The normalized spacial score (nSPS) is 23.0. The van der Waals surface area contributed by atoms with E-state index in [1.54, 1.807) is 4.90 Å². The molecule has 1 aromatic rings. The van der Waals surface area contributed by atoms with Gasteiger partial charge in [0, 0.05) is 26.2 Å². The van der Waals surface area contributed by atoms with Crippen LogP contribution in [-0.2, 0) is 9.53 Å². The topological polar surface area (TPSA) is 49.9 Å². The predicted molar refractivity (Wildman–Crippen MR) is 96.3 cm³/mol. The quantitative estimate of drug-likeness (QED) is 0.846. The van der Waals surface area contributed by atoms with E-state index < -0.39 is 0 Å². The molecule has 5 heteroatoms. The molecule has 5 nitrogen and oxygen atoms in total. The number of hydrogen-bond donors (Lipinski definition) is 0. The Morgan fingerprint density at radius 1 is 1.20 bits per heavy atom. The molecule has 2 fully saturated rings. The third-order valence-corrected chi connectivity index (χ3v) is 5.71. The zero-order valence-electron chi connectivity index (χ0n) is 15.2. The van der Waals surface area contributed by atoms with Crippen LogP contribution in [0.2, 0.25) is 0 Å². The van der Waals surface area contributed by atoms with Crippen LogP contribution < -0.4 is 0 Å². The molecule has 2 heterocycles. The van der Waals surface area contributed by atoms with Gasteiger partial charge in [-0.25, -0.2) is 4.79 Å². The highest BCUT2D eigenvalue weighted by Gasteiger charge is 2.46. The van der Waals surface area contributed by atoms with Crippen molar-refractivity contribution in [1.29, 1.82) is 0 Å². The first-order valence-electron chi connectivity index (χ1n) is 9.34. The first-order chi connectivity index (χ1) is 12.1. The van der Waals surface area contributed by atoms with Gasteiger partial charge in [-0.3, -0.25) is 4.79 Å². The molecule has 1 aromatic carbocycles. The Balaban J connectivity index is 1.76. The van der Waals surface area contributed by atoms with E-state index in [9.17, 15) is 9.59 Å². The minimum absolute atomic E-state index is 0.0657. The van der Waals surface area contributed by atoms with Crippen LogP contribution in [0.3, 0.4) is 0 Å². The summed E-state index contributed by atoms with van der Waals surface area (Å²) in [5.74, 6) is 0.177. The van der Waals surface area contributed by atoms with Crippen molar-refractivity contribution in [2.24, 2.45) is 5.41 Å². The van der Waals surface area contributed by atoms with Crippen molar-refractivity contribution < 1.29 is 14.3 Å². The number of hydrogen-bond acceptors (Lipinski definition) is 3. The highest BCUT2D eigenvalue weighted by atomic mass is 16.6. The molecule has 3 rings (SSSR count). The first kappa shape index (κ1) is 17.8. The molecule has 25 heavy (non-hydrogen) atoms. The van der Waals surface area contributed by atoms with Crippen molar-refractivity contribution in [2.75, 3.05) is 32.8 Å². The molecule has 1 atom stereocenters. The van der Waals surface area contributed by atoms with Gasteiger partial charge in [-0.15, -0.1) is 0 Å². The summed E-state index contributed by atoms with van der Waals surface area (Å²) >= 11 is 0. The Morgan fingerprint density at radius 3 is 2.48 bits per heavy atom. The predicted octanol–water partition coefficient (Wildman–Crippen LogP) is 3.26. The Hall–Kier alpha value is -2.04. The fourth-order valence-electron chi connectivity index (χ4n) is 4.24. The lowest BCUT2D eigenvalue weighted by Crippen LogP contribution is -2.54. The highest BCUT2D eigenvalue weighted by Crippen LogP contribution is 2.45. The molecule has 2 saturated heterocycles. The van der Waals surface area contributed by atoms with Crippen molar-refractivity contribution in [3.05, 3.63) is 35.9 Å². The molecular weight excluding hydrogens is 316 g/mol. The standard InChI is InChI=1S/C20H28N2O3/c1-3-21-15-20(10-12-22(13-11-20)19(24)25-4-2)14-17(18(21)23)16-8-6-5-7-9-16/h5-9,17H,3-4,10-15H2,1-2H3. The molecule has 0 radical (unpaired) electrons. The largest absolute Gasteiger partial charge is 0.450 e. The third-order valence-electron chi connectivity index (χ3n) is 5.71. The lowest BCUT2D eigenvalue weighted by atomic mass is 9.67. The summed E-state index contributed by atoms with van der Waals surface area (Å²) in [5, 5.41) is 0. The lowest BCUT2D eigenvalue weighted by molar-refractivity contribution is -0.141. The monoisotopic (exact) mass is 344 g/mol. The number of piperidine rings is 2. The molecule has 2 aliphatic rings. The molecule has 2 amide bonds. The van der Waals surface area contributed by atoms with Gasteiger partial charge in [0.25, 0.3) is 0 Å². The van der Waals surface area contributed by atoms with Crippen LogP contribution in [0, 0.1) is 5.41 Å². The molecule has 1 spiro atoms. The minimum atomic E-state index is -0.212. The van der Waals surface area contributed by atoms with E-state index in [2.05, 4.69) is 12.1 Å². The number of carbonyl (C=O) groups excluding carboxylic acids is 2. The molecule has 136 valence electrons. The number of likely N-dealkylation sites (tertiary alicyclic amines) is 2. The van der Waals surface area contributed by atoms with Gasteiger partial charge in [0.05, 0.1) is 12.5 Å². The van der Waals surface area contributed by atoms with Crippen LogP contribution in [0.1, 0.15) is 44.6 Å². The van der Waals surface area contributed by atoms with E-state index >= 15 is 0 Å². The number of amides is 2. The van der Waals surface area contributed by atoms with Crippen LogP contribution >= 0.6 is 0 Å². The number of ether oxygens (including phenoxy) is 1. The second kappa shape index (κ2) is 7.46. The van der Waals surface area contributed by atoms with E-state index in [1.807, 2.05) is 36.9 Å². The van der Waals surface area contributed by atoms with Crippen molar-refractivity contribution in [2.45, 2.75) is 39.0 Å². The van der Waals surface area contributed by atoms with Crippen LogP contribution in [0.15, 0.2) is 30.3 Å². The number of carbonyl (C=O) groups is 2. The molecule has 0 aromatic heterocycles. The van der Waals surface area contributed by atoms with E-state index in [0.717, 1.165) is 37.9 Å². The summed E-state index contributed by atoms with van der Waals surface area (Å²) in [7, 11) is 0. The van der Waals surface area contributed by atoms with E-state index in [-0.39, 0.29) is 23.3 Å². The smallest absolute Gasteiger partial charge is 0.409 e. The summed E-state index contributed by atoms with van der Waals surface area (Å²) in [6.45, 7) is 7.27. The number of rotatable bonds is 3. The zero-order chi connectivity index (χ0) is 17.9. The van der Waals surface area contributed by atoms with Gasteiger partial charge < -0.3 is 14.5 Å². The van der Waals surface area contributed by atoms with Crippen LogP contribution in [0.5, 0.6) is 0 Å². The maximum absolute atomic E-state index is 12.9. The van der Waals surface area contributed by atoms with Crippen LogP contribution in [0.25, 0.3) is 0 Å². The number of nitrogens with zero attached hydrogens (tertiary/aromatic N) is 2. The average molecular weight is 344 g/mol. The summed E-state index contributed by atoms with van der Waals surface area (Å²) in [5.41, 5.74) is 1.21. The Morgan fingerprint density at radius 2 is 1.88 bits per heavy atom. The van der Waals surface area contributed by atoms with Crippen LogP contribution in [0.4, 0.5) is 4.79 Å². The maximum Gasteiger partial charge on any atom is 0.409 e. The van der Waals surface area contributed by atoms with Gasteiger partial charge in [-0.05, 0) is 44.1 Å². The van der Waals surface area contributed by atoms with Crippen molar-refractivity contribution in [3.63, 3.8) is 0 Å². The SMILES string of the molecule is CCOC(=O)N1CCC2(CC1)CC(c1ccccc1)C(=O)N(CC)C2. The summed E-state index contributed by atoms with van der Waals surface area (Å²) in [6, 6.07) is 10.1. The van der Waals surface area contributed by atoms with Gasteiger partial charge in [-0.1, -0.05) is 30.3 Å².